The quantitative estimate of drug-likeness (QED) is 0.428. The van der Waals surface area contributed by atoms with Gasteiger partial charge in [0.05, 0.1) is 43.7 Å². The Kier molecular flexibility index (Phi) is 4.23. The Hall–Kier alpha value is -0.0231. The van der Waals surface area contributed by atoms with Crippen LogP contribution in [0.25, 0.3) is 0 Å². The van der Waals surface area contributed by atoms with E-state index in [0.717, 1.165) is 39.1 Å². The van der Waals surface area contributed by atoms with Gasteiger partial charge in [-0.15, -0.1) is 0 Å². The van der Waals surface area contributed by atoms with E-state index in [1.165, 1.54) is 0 Å². The number of rotatable bonds is 10. The average molecular weight is 289 g/mol. The van der Waals surface area contributed by atoms with Gasteiger partial charge in [0.1, 0.15) is 0 Å². The third kappa shape index (κ3) is 4.22. The van der Waals surface area contributed by atoms with E-state index in [9.17, 15) is 0 Å². The number of epoxide rings is 3. The summed E-state index contributed by atoms with van der Waals surface area (Å²) in [6, 6.07) is 0. The Bertz CT molecular complexity index is 263. The fourth-order valence-corrected chi connectivity index (χ4v) is 3.46. The van der Waals surface area contributed by atoms with Crippen molar-refractivity contribution in [2.75, 3.05) is 34.0 Å². The molecule has 3 fully saturated rings. The highest BCUT2D eigenvalue weighted by atomic mass is 28.3. The molecule has 7 heteroatoms. The van der Waals surface area contributed by atoms with Gasteiger partial charge in [0.25, 0.3) is 0 Å². The average Bonchev–Trinajstić information content (AvgIpc) is 3.21. The smallest absolute Gasteiger partial charge is 0.375 e. The molecular formula is C12H21O6Si. The third-order valence-corrected chi connectivity index (χ3v) is 4.91. The van der Waals surface area contributed by atoms with E-state index in [1.807, 2.05) is 0 Å². The van der Waals surface area contributed by atoms with Crippen LogP contribution in [0.2, 0.25) is 0 Å². The zero-order valence-electron chi connectivity index (χ0n) is 11.4. The minimum Gasteiger partial charge on any atom is -0.375 e. The Labute approximate surface area is 115 Å². The highest BCUT2D eigenvalue weighted by molar-refractivity contribution is 6.36. The first-order valence-electron chi connectivity index (χ1n) is 6.72. The molecule has 1 radical (unpaired) electrons. The molecule has 3 aliphatic heterocycles. The predicted molar refractivity (Wildman–Crippen MR) is 66.7 cm³/mol. The molecule has 0 aromatic rings. The standard InChI is InChI=1S/C12H21O6Si/c1-13-19(14-2)18-12(3-9-6-15-9,4-10-7-16-10)5-11-8-17-11/h9-11H,3-8H2,1-2H3. The van der Waals surface area contributed by atoms with Crippen LogP contribution < -0.4 is 0 Å². The van der Waals surface area contributed by atoms with Gasteiger partial charge in [-0.1, -0.05) is 0 Å². The molecule has 3 rings (SSSR count). The van der Waals surface area contributed by atoms with Crippen LogP contribution in [0.15, 0.2) is 0 Å². The summed E-state index contributed by atoms with van der Waals surface area (Å²) in [4.78, 5) is 0. The summed E-state index contributed by atoms with van der Waals surface area (Å²) in [6.07, 6.45) is 3.51. The van der Waals surface area contributed by atoms with Gasteiger partial charge >= 0.3 is 9.53 Å². The van der Waals surface area contributed by atoms with E-state index in [2.05, 4.69) is 0 Å². The summed E-state index contributed by atoms with van der Waals surface area (Å²) in [5.74, 6) is 0. The predicted octanol–water partition coefficient (Wildman–Crippen LogP) is 0.386. The minimum atomic E-state index is -1.70. The maximum atomic E-state index is 6.21. The second-order valence-corrected chi connectivity index (χ2v) is 6.94. The first-order valence-corrected chi connectivity index (χ1v) is 7.94. The molecule has 0 saturated carbocycles. The second kappa shape index (κ2) is 5.77. The lowest BCUT2D eigenvalue weighted by atomic mass is 9.87. The summed E-state index contributed by atoms with van der Waals surface area (Å²) >= 11 is 0. The van der Waals surface area contributed by atoms with Crippen molar-refractivity contribution in [3.05, 3.63) is 0 Å². The third-order valence-electron chi connectivity index (χ3n) is 3.64. The molecule has 6 nitrogen and oxygen atoms in total. The summed E-state index contributed by atoms with van der Waals surface area (Å²) in [5.41, 5.74) is -0.302. The Morgan fingerprint density at radius 1 is 0.895 bits per heavy atom. The molecule has 0 aromatic heterocycles. The van der Waals surface area contributed by atoms with E-state index in [1.54, 1.807) is 14.2 Å². The summed E-state index contributed by atoms with van der Waals surface area (Å²) in [5, 5.41) is 0. The monoisotopic (exact) mass is 289 g/mol. The van der Waals surface area contributed by atoms with Crippen molar-refractivity contribution in [3.63, 3.8) is 0 Å². The zero-order valence-corrected chi connectivity index (χ0v) is 12.4. The van der Waals surface area contributed by atoms with Gasteiger partial charge in [-0.25, -0.2) is 0 Å². The number of ether oxygens (including phenoxy) is 3. The molecule has 3 aliphatic rings. The maximum absolute atomic E-state index is 6.21. The van der Waals surface area contributed by atoms with Crippen molar-refractivity contribution in [1.82, 2.24) is 0 Å². The lowest BCUT2D eigenvalue weighted by Crippen LogP contribution is -2.44. The fourth-order valence-electron chi connectivity index (χ4n) is 2.52. The van der Waals surface area contributed by atoms with Crippen molar-refractivity contribution in [2.24, 2.45) is 0 Å². The summed E-state index contributed by atoms with van der Waals surface area (Å²) in [6.45, 7) is 2.47. The summed E-state index contributed by atoms with van der Waals surface area (Å²) in [7, 11) is 1.55. The first kappa shape index (κ1) is 13.9. The van der Waals surface area contributed by atoms with Crippen LogP contribution in [0.3, 0.4) is 0 Å². The molecule has 0 aliphatic carbocycles. The molecule has 3 atom stereocenters. The molecule has 19 heavy (non-hydrogen) atoms. The van der Waals surface area contributed by atoms with E-state index < -0.39 is 9.53 Å². The van der Waals surface area contributed by atoms with Crippen LogP contribution in [0.5, 0.6) is 0 Å². The molecule has 3 saturated heterocycles. The van der Waals surface area contributed by atoms with Crippen molar-refractivity contribution < 1.29 is 27.5 Å². The Morgan fingerprint density at radius 3 is 1.53 bits per heavy atom. The maximum Gasteiger partial charge on any atom is 0.577 e. The largest absolute Gasteiger partial charge is 0.577 e. The normalized spacial score (nSPS) is 35.2. The molecule has 0 spiro atoms. The van der Waals surface area contributed by atoms with Gasteiger partial charge < -0.3 is 27.5 Å². The van der Waals surface area contributed by atoms with Gasteiger partial charge in [-0.2, -0.15) is 0 Å². The number of hydrogen-bond acceptors (Lipinski definition) is 6. The topological polar surface area (TPSA) is 65.3 Å². The molecule has 0 N–H and O–H groups in total. The molecular weight excluding hydrogens is 268 g/mol. The van der Waals surface area contributed by atoms with Crippen LogP contribution in [0, 0.1) is 0 Å². The lowest BCUT2D eigenvalue weighted by molar-refractivity contribution is -0.0279. The van der Waals surface area contributed by atoms with Crippen LogP contribution >= 0.6 is 0 Å². The first-order chi connectivity index (χ1) is 9.23. The van der Waals surface area contributed by atoms with Crippen LogP contribution in [0.4, 0.5) is 0 Å². The fraction of sp³-hybridized carbons (Fsp3) is 1.00. The van der Waals surface area contributed by atoms with E-state index in [-0.39, 0.29) is 5.60 Å². The zero-order chi connectivity index (χ0) is 13.3. The molecule has 0 aromatic carbocycles. The molecule has 0 amide bonds. The number of hydrogen-bond donors (Lipinski definition) is 0. The molecule has 3 unspecified atom stereocenters. The van der Waals surface area contributed by atoms with E-state index >= 15 is 0 Å². The van der Waals surface area contributed by atoms with Crippen molar-refractivity contribution >= 4 is 9.53 Å². The van der Waals surface area contributed by atoms with Crippen LogP contribution in [0.1, 0.15) is 19.3 Å². The van der Waals surface area contributed by atoms with Crippen molar-refractivity contribution in [1.29, 1.82) is 0 Å². The van der Waals surface area contributed by atoms with Crippen molar-refractivity contribution in [3.8, 4) is 0 Å². The Balaban J connectivity index is 1.67. The molecule has 3 heterocycles. The van der Waals surface area contributed by atoms with Crippen LogP contribution in [-0.4, -0.2) is 67.5 Å². The molecule has 0 bridgehead atoms. The van der Waals surface area contributed by atoms with Gasteiger partial charge in [-0.05, 0) is 0 Å². The van der Waals surface area contributed by atoms with E-state index in [0.29, 0.717) is 18.3 Å². The van der Waals surface area contributed by atoms with Gasteiger partial charge in [-0.3, -0.25) is 0 Å². The van der Waals surface area contributed by atoms with Crippen LogP contribution in [-0.2, 0) is 27.5 Å². The Morgan fingerprint density at radius 2 is 1.26 bits per heavy atom. The van der Waals surface area contributed by atoms with Gasteiger partial charge in [0, 0.05) is 33.5 Å². The summed E-state index contributed by atoms with van der Waals surface area (Å²) < 4.78 is 33.0. The minimum absolute atomic E-state index is 0.300. The SMILES string of the molecule is CO[Si](OC)OC(CC1CO1)(CC1CO1)CC1CO1. The van der Waals surface area contributed by atoms with Gasteiger partial charge in [0.15, 0.2) is 0 Å². The lowest BCUT2D eigenvalue weighted by Gasteiger charge is -2.34. The van der Waals surface area contributed by atoms with Gasteiger partial charge in [0.2, 0.25) is 0 Å². The van der Waals surface area contributed by atoms with Crippen molar-refractivity contribution in [2.45, 2.75) is 43.2 Å². The second-order valence-electron chi connectivity index (χ2n) is 5.42. The molecule has 109 valence electrons. The highest BCUT2D eigenvalue weighted by Gasteiger charge is 2.48. The highest BCUT2D eigenvalue weighted by Crippen LogP contribution is 2.40. The van der Waals surface area contributed by atoms with E-state index in [4.69, 9.17) is 27.5 Å².